The molecule has 1 aromatic carbocycles. The fraction of sp³-hybridized carbons (Fsp3) is 0.357. The van der Waals surface area contributed by atoms with Crippen molar-refractivity contribution in [1.29, 1.82) is 0 Å². The summed E-state index contributed by atoms with van der Waals surface area (Å²) >= 11 is 0. The van der Waals surface area contributed by atoms with E-state index < -0.39 is 5.67 Å². The molecule has 17 heavy (non-hydrogen) atoms. The highest BCUT2D eigenvalue weighted by atomic mass is 19.1. The maximum absolute atomic E-state index is 14.6. The molecule has 2 N–H and O–H groups in total. The number of benzene rings is 1. The lowest BCUT2D eigenvalue weighted by molar-refractivity contribution is 0.159. The minimum atomic E-state index is -1.42. The van der Waals surface area contributed by atoms with Crippen molar-refractivity contribution in [3.8, 4) is 0 Å². The molecule has 0 aliphatic heterocycles. The van der Waals surface area contributed by atoms with E-state index >= 15 is 0 Å². The van der Waals surface area contributed by atoms with Gasteiger partial charge < -0.3 is 5.73 Å². The number of aromatic nitrogens is 1. The lowest BCUT2D eigenvalue weighted by Gasteiger charge is -2.23. The van der Waals surface area contributed by atoms with Gasteiger partial charge >= 0.3 is 0 Å². The summed E-state index contributed by atoms with van der Waals surface area (Å²) in [4.78, 5) is 4.22. The third-order valence-corrected chi connectivity index (χ3v) is 3.09. The normalized spacial score (nSPS) is 14.8. The van der Waals surface area contributed by atoms with Gasteiger partial charge in [-0.1, -0.05) is 25.5 Å². The molecule has 1 aromatic heterocycles. The summed E-state index contributed by atoms with van der Waals surface area (Å²) in [6.07, 6.45) is 2.97. The van der Waals surface area contributed by atoms with Gasteiger partial charge in [-0.25, -0.2) is 4.39 Å². The summed E-state index contributed by atoms with van der Waals surface area (Å²) in [5, 5.41) is 0.955. The van der Waals surface area contributed by atoms with E-state index in [9.17, 15) is 4.39 Å². The summed E-state index contributed by atoms with van der Waals surface area (Å²) in [6.45, 7) is 1.99. The first-order chi connectivity index (χ1) is 8.19. The first kappa shape index (κ1) is 12.0. The summed E-state index contributed by atoms with van der Waals surface area (Å²) in [5.74, 6) is 0. The quantitative estimate of drug-likeness (QED) is 0.879. The zero-order valence-corrected chi connectivity index (χ0v) is 9.99. The minimum absolute atomic E-state index is 0.0204. The van der Waals surface area contributed by atoms with Crippen LogP contribution in [0.1, 0.15) is 25.3 Å². The van der Waals surface area contributed by atoms with Crippen LogP contribution in [-0.4, -0.2) is 11.5 Å². The predicted octanol–water partition coefficient (Wildman–Crippen LogP) is 3.16. The molecule has 0 radical (unpaired) electrons. The van der Waals surface area contributed by atoms with Crippen molar-refractivity contribution in [1.82, 2.24) is 4.98 Å². The number of rotatable bonds is 4. The number of nitrogens with zero attached hydrogens (tertiary/aromatic N) is 1. The molecule has 0 amide bonds. The molecule has 1 atom stereocenters. The average Bonchev–Trinajstić information content (AvgIpc) is 2.38. The highest BCUT2D eigenvalue weighted by molar-refractivity contribution is 5.79. The van der Waals surface area contributed by atoms with E-state index in [-0.39, 0.29) is 6.54 Å². The molecule has 0 bridgehead atoms. The Hall–Kier alpha value is -1.48. The second kappa shape index (κ2) is 4.80. The standard InChI is InChI=1S/C14H17FN2/c1-2-7-14(15,10-16)12-5-6-13-11(9-12)4-3-8-17-13/h3-6,8-9H,2,7,10,16H2,1H3. The molecule has 0 spiro atoms. The molecule has 2 aromatic rings. The zero-order chi connectivity index (χ0) is 12.3. The van der Waals surface area contributed by atoms with E-state index in [1.54, 1.807) is 12.3 Å². The largest absolute Gasteiger partial charge is 0.327 e. The van der Waals surface area contributed by atoms with Crippen molar-refractivity contribution in [3.05, 3.63) is 42.1 Å². The Labute approximate surface area is 101 Å². The van der Waals surface area contributed by atoms with Crippen LogP contribution in [0.25, 0.3) is 10.9 Å². The van der Waals surface area contributed by atoms with Crippen LogP contribution in [0.4, 0.5) is 4.39 Å². The van der Waals surface area contributed by atoms with Gasteiger partial charge in [-0.3, -0.25) is 4.98 Å². The van der Waals surface area contributed by atoms with Crippen molar-refractivity contribution in [2.45, 2.75) is 25.4 Å². The number of pyridine rings is 1. The number of halogens is 1. The van der Waals surface area contributed by atoms with Gasteiger partial charge in [0, 0.05) is 18.1 Å². The van der Waals surface area contributed by atoms with Gasteiger partial charge in [0.25, 0.3) is 0 Å². The molecule has 90 valence electrons. The lowest BCUT2D eigenvalue weighted by Crippen LogP contribution is -2.30. The number of nitrogens with two attached hydrogens (primary N) is 1. The maximum Gasteiger partial charge on any atom is 0.148 e. The van der Waals surface area contributed by atoms with Crippen LogP contribution in [0.5, 0.6) is 0 Å². The summed E-state index contributed by atoms with van der Waals surface area (Å²) in [6, 6.07) is 9.29. The highest BCUT2D eigenvalue weighted by Gasteiger charge is 2.29. The van der Waals surface area contributed by atoms with Crippen LogP contribution in [0.15, 0.2) is 36.5 Å². The van der Waals surface area contributed by atoms with Gasteiger partial charge in [0.15, 0.2) is 0 Å². The number of hydrogen-bond donors (Lipinski definition) is 1. The molecule has 1 unspecified atom stereocenters. The summed E-state index contributed by atoms with van der Waals surface area (Å²) in [7, 11) is 0. The van der Waals surface area contributed by atoms with Crippen LogP contribution in [0.2, 0.25) is 0 Å². The van der Waals surface area contributed by atoms with E-state index in [1.165, 1.54) is 0 Å². The van der Waals surface area contributed by atoms with Gasteiger partial charge in [0.1, 0.15) is 5.67 Å². The Morgan fingerprint density at radius 3 is 2.88 bits per heavy atom. The van der Waals surface area contributed by atoms with Gasteiger partial charge in [-0.15, -0.1) is 0 Å². The van der Waals surface area contributed by atoms with Crippen molar-refractivity contribution in [3.63, 3.8) is 0 Å². The zero-order valence-electron chi connectivity index (χ0n) is 9.99. The number of alkyl halides is 1. The van der Waals surface area contributed by atoms with Crippen molar-refractivity contribution in [2.75, 3.05) is 6.54 Å². The van der Waals surface area contributed by atoms with E-state index in [0.29, 0.717) is 12.0 Å². The van der Waals surface area contributed by atoms with E-state index in [1.807, 2.05) is 31.2 Å². The molecular weight excluding hydrogens is 215 g/mol. The predicted molar refractivity (Wildman–Crippen MR) is 68.5 cm³/mol. The molecule has 2 rings (SSSR count). The summed E-state index contributed by atoms with van der Waals surface area (Å²) in [5.41, 5.74) is 5.70. The van der Waals surface area contributed by atoms with E-state index in [4.69, 9.17) is 5.73 Å². The first-order valence-electron chi connectivity index (χ1n) is 5.94. The topological polar surface area (TPSA) is 38.9 Å². The minimum Gasteiger partial charge on any atom is -0.327 e. The fourth-order valence-electron chi connectivity index (χ4n) is 2.11. The lowest BCUT2D eigenvalue weighted by atomic mass is 9.90. The Balaban J connectivity index is 2.47. The third kappa shape index (κ3) is 2.29. The Morgan fingerprint density at radius 2 is 2.18 bits per heavy atom. The van der Waals surface area contributed by atoms with Crippen LogP contribution in [-0.2, 0) is 5.67 Å². The second-order valence-electron chi connectivity index (χ2n) is 4.33. The van der Waals surface area contributed by atoms with Crippen molar-refractivity contribution >= 4 is 10.9 Å². The molecule has 0 aliphatic carbocycles. The summed E-state index contributed by atoms with van der Waals surface area (Å²) < 4.78 is 14.6. The molecule has 3 heteroatoms. The third-order valence-electron chi connectivity index (χ3n) is 3.09. The SMILES string of the molecule is CCCC(F)(CN)c1ccc2ncccc2c1. The monoisotopic (exact) mass is 232 g/mol. The Morgan fingerprint density at radius 1 is 1.35 bits per heavy atom. The maximum atomic E-state index is 14.6. The van der Waals surface area contributed by atoms with Crippen molar-refractivity contribution in [2.24, 2.45) is 5.73 Å². The van der Waals surface area contributed by atoms with Gasteiger partial charge in [0.2, 0.25) is 0 Å². The van der Waals surface area contributed by atoms with Crippen LogP contribution in [0, 0.1) is 0 Å². The van der Waals surface area contributed by atoms with Gasteiger partial charge in [-0.2, -0.15) is 0 Å². The molecular formula is C14H17FN2. The molecule has 0 fully saturated rings. The molecule has 2 nitrogen and oxygen atoms in total. The molecule has 0 saturated carbocycles. The Kier molecular flexibility index (Phi) is 3.38. The Bertz CT molecular complexity index is 512. The van der Waals surface area contributed by atoms with Crippen LogP contribution in [0.3, 0.4) is 0 Å². The van der Waals surface area contributed by atoms with Gasteiger partial charge in [-0.05, 0) is 30.2 Å². The molecule has 0 saturated heterocycles. The highest BCUT2D eigenvalue weighted by Crippen LogP contribution is 2.31. The van der Waals surface area contributed by atoms with E-state index in [0.717, 1.165) is 17.3 Å². The molecule has 0 aliphatic rings. The van der Waals surface area contributed by atoms with Crippen LogP contribution < -0.4 is 5.73 Å². The fourth-order valence-corrected chi connectivity index (χ4v) is 2.11. The van der Waals surface area contributed by atoms with E-state index in [2.05, 4.69) is 4.98 Å². The number of fused-ring (bicyclic) bond motifs is 1. The number of hydrogen-bond acceptors (Lipinski definition) is 2. The first-order valence-corrected chi connectivity index (χ1v) is 5.94. The second-order valence-corrected chi connectivity index (χ2v) is 4.33. The molecule has 1 heterocycles. The van der Waals surface area contributed by atoms with Crippen molar-refractivity contribution < 1.29 is 4.39 Å². The smallest absolute Gasteiger partial charge is 0.148 e. The van der Waals surface area contributed by atoms with Gasteiger partial charge in [0.05, 0.1) is 5.52 Å². The van der Waals surface area contributed by atoms with Crippen LogP contribution >= 0.6 is 0 Å². The average molecular weight is 232 g/mol.